The molecule has 3 heteroatoms. The lowest BCUT2D eigenvalue weighted by molar-refractivity contribution is 1.30. The number of pyridine rings is 2. The smallest absolute Gasteiger partial charge is 0.0809 e. The van der Waals surface area contributed by atoms with E-state index in [1.807, 2.05) is 12.1 Å². The van der Waals surface area contributed by atoms with Crippen LogP contribution in [0.5, 0.6) is 0 Å². The fourth-order valence-electron chi connectivity index (χ4n) is 7.83. The van der Waals surface area contributed by atoms with Crippen LogP contribution in [0.25, 0.3) is 77.3 Å². The SMILES string of the molecule is c1ccc(-c2cc(-c3cccc(-c4nc5ccccc5c5c4c(N(c4ccccc4)c4ccccc4)cc4ccccc45)c3)cc(-c3ccccc3)n2)cc1. The van der Waals surface area contributed by atoms with Crippen molar-refractivity contribution in [1.29, 1.82) is 0 Å². The zero-order valence-corrected chi connectivity index (χ0v) is 30.0. The molecule has 10 aromatic rings. The van der Waals surface area contributed by atoms with Crippen molar-refractivity contribution in [2.45, 2.75) is 0 Å². The lowest BCUT2D eigenvalue weighted by Crippen LogP contribution is -2.11. The summed E-state index contributed by atoms with van der Waals surface area (Å²) < 4.78 is 0. The quantitative estimate of drug-likeness (QED) is 0.155. The Morgan fingerprint density at radius 2 is 0.836 bits per heavy atom. The molecule has 8 aromatic carbocycles. The summed E-state index contributed by atoms with van der Waals surface area (Å²) in [6.45, 7) is 0. The Labute approximate surface area is 320 Å². The molecular formula is C52H35N3. The average molecular weight is 702 g/mol. The van der Waals surface area contributed by atoms with Crippen LogP contribution in [0, 0.1) is 0 Å². The molecule has 0 N–H and O–H groups in total. The van der Waals surface area contributed by atoms with E-state index in [1.54, 1.807) is 0 Å². The molecule has 2 heterocycles. The molecule has 10 rings (SSSR count). The third kappa shape index (κ3) is 5.98. The molecule has 0 saturated carbocycles. The van der Waals surface area contributed by atoms with Gasteiger partial charge in [0.1, 0.15) is 0 Å². The monoisotopic (exact) mass is 701 g/mol. The second-order valence-electron chi connectivity index (χ2n) is 13.8. The third-order valence-corrected chi connectivity index (χ3v) is 10.4. The first kappa shape index (κ1) is 32.3. The van der Waals surface area contributed by atoms with Gasteiger partial charge in [-0.15, -0.1) is 0 Å². The molecular weight excluding hydrogens is 667 g/mol. The molecule has 0 aliphatic heterocycles. The third-order valence-electron chi connectivity index (χ3n) is 10.4. The standard InChI is InChI=1S/C52H35N3/c1-5-18-36(19-6-1)47-33-41(34-48(53-47)37-20-7-2-8-21-37)38-23-17-24-40(32-38)52-51-49(55(42-25-9-3-10-26-42)43-27-11-4-12-28-43)35-39-22-13-14-29-44(39)50(51)45-30-15-16-31-46(45)54-52/h1-35H. The molecule has 0 fully saturated rings. The molecule has 0 saturated heterocycles. The van der Waals surface area contributed by atoms with E-state index in [0.29, 0.717) is 0 Å². The van der Waals surface area contributed by atoms with Gasteiger partial charge in [-0.25, -0.2) is 9.97 Å². The summed E-state index contributed by atoms with van der Waals surface area (Å²) in [6.07, 6.45) is 0. The zero-order valence-electron chi connectivity index (χ0n) is 30.0. The van der Waals surface area contributed by atoms with E-state index in [-0.39, 0.29) is 0 Å². The highest BCUT2D eigenvalue weighted by Gasteiger charge is 2.23. The van der Waals surface area contributed by atoms with Gasteiger partial charge in [-0.3, -0.25) is 0 Å². The van der Waals surface area contributed by atoms with Gasteiger partial charge in [-0.1, -0.05) is 158 Å². The van der Waals surface area contributed by atoms with E-state index >= 15 is 0 Å². The summed E-state index contributed by atoms with van der Waals surface area (Å²) in [7, 11) is 0. The van der Waals surface area contributed by atoms with Crippen molar-refractivity contribution in [3.8, 4) is 44.9 Å². The molecule has 2 aromatic heterocycles. The highest BCUT2D eigenvalue weighted by Crippen LogP contribution is 2.47. The maximum Gasteiger partial charge on any atom is 0.0809 e. The van der Waals surface area contributed by atoms with E-state index in [9.17, 15) is 0 Å². The fourth-order valence-corrected chi connectivity index (χ4v) is 7.83. The van der Waals surface area contributed by atoms with Gasteiger partial charge in [0, 0.05) is 44.2 Å². The van der Waals surface area contributed by atoms with Gasteiger partial charge in [-0.05, 0) is 76.5 Å². The minimum absolute atomic E-state index is 0.937. The average Bonchev–Trinajstić information content (AvgIpc) is 3.27. The predicted octanol–water partition coefficient (Wildman–Crippen LogP) is 14.1. The molecule has 3 nitrogen and oxygen atoms in total. The van der Waals surface area contributed by atoms with E-state index in [2.05, 4.69) is 205 Å². The normalized spacial score (nSPS) is 11.3. The van der Waals surface area contributed by atoms with Crippen LogP contribution in [0.4, 0.5) is 17.1 Å². The summed E-state index contributed by atoms with van der Waals surface area (Å²) in [5, 5.41) is 5.80. The second kappa shape index (κ2) is 13.9. The molecule has 258 valence electrons. The first-order valence-electron chi connectivity index (χ1n) is 18.7. The van der Waals surface area contributed by atoms with Crippen molar-refractivity contribution in [3.05, 3.63) is 212 Å². The van der Waals surface area contributed by atoms with Crippen LogP contribution in [0.15, 0.2) is 212 Å². The number of fused-ring (bicyclic) bond motifs is 5. The number of aromatic nitrogens is 2. The van der Waals surface area contributed by atoms with E-state index in [0.717, 1.165) is 78.3 Å². The highest BCUT2D eigenvalue weighted by molar-refractivity contribution is 6.27. The number of nitrogens with zero attached hydrogens (tertiary/aromatic N) is 3. The van der Waals surface area contributed by atoms with E-state index in [4.69, 9.17) is 9.97 Å². The Morgan fingerprint density at radius 1 is 0.327 bits per heavy atom. The number of anilines is 3. The second-order valence-corrected chi connectivity index (χ2v) is 13.8. The molecule has 0 unspecified atom stereocenters. The first-order chi connectivity index (χ1) is 27.3. The Kier molecular flexibility index (Phi) is 8.16. The van der Waals surface area contributed by atoms with Gasteiger partial charge in [0.2, 0.25) is 0 Å². The van der Waals surface area contributed by atoms with Gasteiger partial charge >= 0.3 is 0 Å². The maximum atomic E-state index is 5.54. The Balaban J connectivity index is 1.27. The van der Waals surface area contributed by atoms with Gasteiger partial charge in [-0.2, -0.15) is 0 Å². The van der Waals surface area contributed by atoms with Crippen LogP contribution in [0.1, 0.15) is 0 Å². The minimum Gasteiger partial charge on any atom is -0.310 e. The van der Waals surface area contributed by atoms with Crippen LogP contribution in [0.3, 0.4) is 0 Å². The van der Waals surface area contributed by atoms with Crippen molar-refractivity contribution in [3.63, 3.8) is 0 Å². The Bertz CT molecular complexity index is 2850. The number of rotatable bonds is 7. The van der Waals surface area contributed by atoms with E-state index in [1.165, 1.54) is 16.2 Å². The maximum absolute atomic E-state index is 5.54. The molecule has 0 aliphatic rings. The van der Waals surface area contributed by atoms with Gasteiger partial charge in [0.25, 0.3) is 0 Å². The van der Waals surface area contributed by atoms with Crippen molar-refractivity contribution < 1.29 is 0 Å². The van der Waals surface area contributed by atoms with Crippen LogP contribution in [-0.2, 0) is 0 Å². The number of benzene rings is 8. The molecule has 0 bridgehead atoms. The molecule has 0 spiro atoms. The van der Waals surface area contributed by atoms with Gasteiger partial charge < -0.3 is 4.90 Å². The first-order valence-corrected chi connectivity index (χ1v) is 18.7. The minimum atomic E-state index is 0.937. The van der Waals surface area contributed by atoms with Crippen molar-refractivity contribution >= 4 is 49.5 Å². The van der Waals surface area contributed by atoms with Crippen molar-refractivity contribution in [1.82, 2.24) is 9.97 Å². The molecule has 0 atom stereocenters. The Morgan fingerprint density at radius 3 is 1.47 bits per heavy atom. The molecule has 55 heavy (non-hydrogen) atoms. The number of para-hydroxylation sites is 3. The fraction of sp³-hybridized carbons (Fsp3) is 0. The van der Waals surface area contributed by atoms with Gasteiger partial charge in [0.15, 0.2) is 0 Å². The largest absolute Gasteiger partial charge is 0.310 e. The molecule has 0 amide bonds. The number of hydrogen-bond acceptors (Lipinski definition) is 3. The topological polar surface area (TPSA) is 29.0 Å². The highest BCUT2D eigenvalue weighted by atomic mass is 15.1. The lowest BCUT2D eigenvalue weighted by atomic mass is 9.92. The predicted molar refractivity (Wildman–Crippen MR) is 231 cm³/mol. The van der Waals surface area contributed by atoms with Crippen molar-refractivity contribution in [2.75, 3.05) is 4.90 Å². The lowest BCUT2D eigenvalue weighted by Gasteiger charge is -2.28. The summed E-state index contributed by atoms with van der Waals surface area (Å²) in [6, 6.07) is 75.0. The molecule has 0 radical (unpaired) electrons. The van der Waals surface area contributed by atoms with Crippen LogP contribution in [-0.4, -0.2) is 9.97 Å². The Hall–Kier alpha value is -7.36. The van der Waals surface area contributed by atoms with Crippen LogP contribution < -0.4 is 4.90 Å². The van der Waals surface area contributed by atoms with E-state index < -0.39 is 0 Å². The molecule has 0 aliphatic carbocycles. The summed E-state index contributed by atoms with van der Waals surface area (Å²) in [5.74, 6) is 0. The van der Waals surface area contributed by atoms with Crippen LogP contribution >= 0.6 is 0 Å². The zero-order chi connectivity index (χ0) is 36.6. The van der Waals surface area contributed by atoms with Crippen molar-refractivity contribution in [2.24, 2.45) is 0 Å². The summed E-state index contributed by atoms with van der Waals surface area (Å²) in [4.78, 5) is 13.1. The summed E-state index contributed by atoms with van der Waals surface area (Å²) >= 11 is 0. The summed E-state index contributed by atoms with van der Waals surface area (Å²) in [5.41, 5.74) is 12.4. The van der Waals surface area contributed by atoms with Gasteiger partial charge in [0.05, 0.1) is 28.3 Å². The van der Waals surface area contributed by atoms with Crippen LogP contribution in [0.2, 0.25) is 0 Å². The number of hydrogen-bond donors (Lipinski definition) is 0.